The fourth-order valence-electron chi connectivity index (χ4n) is 1.81. The summed E-state index contributed by atoms with van der Waals surface area (Å²) in [6.07, 6.45) is 0.0634. The highest BCUT2D eigenvalue weighted by atomic mass is 19.1. The molecule has 1 unspecified atom stereocenters. The highest BCUT2D eigenvalue weighted by Crippen LogP contribution is 2.11. The molecule has 0 aromatic heterocycles. The Hall–Kier alpha value is -1.62. The first-order chi connectivity index (χ1) is 8.65. The van der Waals surface area contributed by atoms with Crippen LogP contribution in [0.15, 0.2) is 24.3 Å². The third kappa shape index (κ3) is 3.43. The van der Waals surface area contributed by atoms with Crippen LogP contribution < -0.4 is 4.74 Å². The molecule has 0 bridgehead atoms. The van der Waals surface area contributed by atoms with E-state index in [4.69, 9.17) is 9.47 Å². The number of benzene rings is 1. The van der Waals surface area contributed by atoms with Crippen LogP contribution in [0.5, 0.6) is 5.75 Å². The average molecular weight is 253 g/mol. The van der Waals surface area contributed by atoms with Gasteiger partial charge in [0.2, 0.25) is 0 Å². The van der Waals surface area contributed by atoms with Crippen molar-refractivity contribution in [2.24, 2.45) is 0 Å². The van der Waals surface area contributed by atoms with Crippen molar-refractivity contribution in [2.75, 3.05) is 26.3 Å². The summed E-state index contributed by atoms with van der Waals surface area (Å²) in [7, 11) is 0. The fourth-order valence-corrected chi connectivity index (χ4v) is 1.81. The van der Waals surface area contributed by atoms with E-state index in [1.807, 2.05) is 6.92 Å². The molecule has 1 atom stereocenters. The van der Waals surface area contributed by atoms with Crippen molar-refractivity contribution >= 4 is 5.91 Å². The van der Waals surface area contributed by atoms with Crippen molar-refractivity contribution in [1.82, 2.24) is 4.90 Å². The molecule has 1 aliphatic rings. The van der Waals surface area contributed by atoms with Gasteiger partial charge >= 0.3 is 0 Å². The van der Waals surface area contributed by atoms with E-state index in [1.54, 1.807) is 4.90 Å². The molecule has 18 heavy (non-hydrogen) atoms. The van der Waals surface area contributed by atoms with Crippen LogP contribution in [0.4, 0.5) is 4.39 Å². The lowest BCUT2D eigenvalue weighted by molar-refractivity contribution is -0.140. The molecular weight excluding hydrogens is 237 g/mol. The highest BCUT2D eigenvalue weighted by molar-refractivity contribution is 5.77. The summed E-state index contributed by atoms with van der Waals surface area (Å²) in [5.74, 6) is 0.0937. The largest absolute Gasteiger partial charge is 0.484 e. The van der Waals surface area contributed by atoms with Gasteiger partial charge in [-0.05, 0) is 31.2 Å². The summed E-state index contributed by atoms with van der Waals surface area (Å²) < 4.78 is 23.3. The molecule has 4 nitrogen and oxygen atoms in total. The number of carbonyl (C=O) groups is 1. The van der Waals surface area contributed by atoms with Gasteiger partial charge in [0.25, 0.3) is 5.91 Å². The summed E-state index contributed by atoms with van der Waals surface area (Å²) in [5, 5.41) is 0. The predicted octanol–water partition coefficient (Wildman–Crippen LogP) is 1.45. The van der Waals surface area contributed by atoms with Gasteiger partial charge < -0.3 is 14.4 Å². The van der Waals surface area contributed by atoms with Crippen LogP contribution in [0.3, 0.4) is 0 Å². The van der Waals surface area contributed by atoms with Crippen LogP contribution in [-0.2, 0) is 9.53 Å². The zero-order valence-electron chi connectivity index (χ0n) is 10.3. The molecule has 5 heteroatoms. The number of carbonyl (C=O) groups excluding carboxylic acids is 1. The molecule has 0 spiro atoms. The Bertz CT molecular complexity index is 407. The molecule has 1 saturated heterocycles. The number of ether oxygens (including phenoxy) is 2. The van der Waals surface area contributed by atoms with E-state index in [9.17, 15) is 9.18 Å². The van der Waals surface area contributed by atoms with E-state index >= 15 is 0 Å². The molecule has 1 aromatic rings. The second-order valence-electron chi connectivity index (χ2n) is 4.26. The maximum absolute atomic E-state index is 12.7. The van der Waals surface area contributed by atoms with E-state index < -0.39 is 0 Å². The Balaban J connectivity index is 1.82. The van der Waals surface area contributed by atoms with Crippen molar-refractivity contribution in [3.63, 3.8) is 0 Å². The Kier molecular flexibility index (Phi) is 4.15. The van der Waals surface area contributed by atoms with Gasteiger partial charge in [-0.1, -0.05) is 0 Å². The number of hydrogen-bond acceptors (Lipinski definition) is 3. The van der Waals surface area contributed by atoms with Crippen molar-refractivity contribution in [3.05, 3.63) is 30.1 Å². The Morgan fingerprint density at radius 1 is 1.50 bits per heavy atom. The number of morpholine rings is 1. The van der Waals surface area contributed by atoms with Gasteiger partial charge in [0.05, 0.1) is 12.7 Å². The Labute approximate surface area is 105 Å². The fraction of sp³-hybridized carbons (Fsp3) is 0.462. The first-order valence-electron chi connectivity index (χ1n) is 5.93. The second-order valence-corrected chi connectivity index (χ2v) is 4.26. The van der Waals surface area contributed by atoms with E-state index in [1.165, 1.54) is 24.3 Å². The smallest absolute Gasteiger partial charge is 0.260 e. The molecule has 98 valence electrons. The topological polar surface area (TPSA) is 38.8 Å². The van der Waals surface area contributed by atoms with Crippen LogP contribution in [-0.4, -0.2) is 43.2 Å². The van der Waals surface area contributed by atoms with Crippen molar-refractivity contribution < 1.29 is 18.7 Å². The standard InChI is InChI=1S/C13H16FNO3/c1-10-8-15(6-7-17-10)13(16)9-18-12-4-2-11(14)3-5-12/h2-5,10H,6-9H2,1H3. The molecule has 1 aromatic carbocycles. The minimum atomic E-state index is -0.323. The zero-order valence-corrected chi connectivity index (χ0v) is 10.3. The number of rotatable bonds is 3. The first-order valence-corrected chi connectivity index (χ1v) is 5.93. The molecule has 2 rings (SSSR count). The number of halogens is 1. The Morgan fingerprint density at radius 2 is 2.22 bits per heavy atom. The van der Waals surface area contributed by atoms with Gasteiger partial charge in [-0.15, -0.1) is 0 Å². The van der Waals surface area contributed by atoms with Crippen molar-refractivity contribution in [3.8, 4) is 5.75 Å². The lowest BCUT2D eigenvalue weighted by Crippen LogP contribution is -2.46. The minimum absolute atomic E-state index is 0.0294. The van der Waals surface area contributed by atoms with Crippen LogP contribution >= 0.6 is 0 Å². The van der Waals surface area contributed by atoms with Crippen molar-refractivity contribution in [1.29, 1.82) is 0 Å². The molecule has 0 N–H and O–H groups in total. The van der Waals surface area contributed by atoms with E-state index in [0.29, 0.717) is 25.4 Å². The summed E-state index contributed by atoms with van der Waals surface area (Å²) in [4.78, 5) is 13.6. The van der Waals surface area contributed by atoms with Gasteiger partial charge in [0, 0.05) is 13.1 Å². The maximum atomic E-state index is 12.7. The van der Waals surface area contributed by atoms with E-state index in [2.05, 4.69) is 0 Å². The van der Waals surface area contributed by atoms with Crippen molar-refractivity contribution in [2.45, 2.75) is 13.0 Å². The third-order valence-corrected chi connectivity index (χ3v) is 2.77. The van der Waals surface area contributed by atoms with Gasteiger partial charge in [0.1, 0.15) is 11.6 Å². The van der Waals surface area contributed by atoms with Gasteiger partial charge in [-0.2, -0.15) is 0 Å². The molecule has 0 aliphatic carbocycles. The van der Waals surface area contributed by atoms with Crippen LogP contribution in [0.1, 0.15) is 6.92 Å². The number of nitrogens with zero attached hydrogens (tertiary/aromatic N) is 1. The summed E-state index contributed by atoms with van der Waals surface area (Å²) in [5.41, 5.74) is 0. The maximum Gasteiger partial charge on any atom is 0.260 e. The summed E-state index contributed by atoms with van der Waals surface area (Å²) in [6, 6.07) is 5.61. The molecule has 1 heterocycles. The highest BCUT2D eigenvalue weighted by Gasteiger charge is 2.21. The Morgan fingerprint density at radius 3 is 2.89 bits per heavy atom. The first kappa shape index (κ1) is 12.8. The molecule has 0 radical (unpaired) electrons. The van der Waals surface area contributed by atoms with Gasteiger partial charge in [0.15, 0.2) is 6.61 Å². The quantitative estimate of drug-likeness (QED) is 0.818. The second kappa shape index (κ2) is 5.82. The lowest BCUT2D eigenvalue weighted by Gasteiger charge is -2.31. The molecule has 1 amide bonds. The number of amides is 1. The van der Waals surface area contributed by atoms with Gasteiger partial charge in [-0.25, -0.2) is 4.39 Å². The monoisotopic (exact) mass is 253 g/mol. The van der Waals surface area contributed by atoms with Crippen LogP contribution in [0, 0.1) is 5.82 Å². The van der Waals surface area contributed by atoms with Crippen LogP contribution in [0.25, 0.3) is 0 Å². The zero-order chi connectivity index (χ0) is 13.0. The third-order valence-electron chi connectivity index (χ3n) is 2.77. The SMILES string of the molecule is CC1CN(C(=O)COc2ccc(F)cc2)CCO1. The number of hydrogen-bond donors (Lipinski definition) is 0. The lowest BCUT2D eigenvalue weighted by atomic mass is 10.3. The molecular formula is C13H16FNO3. The molecule has 0 saturated carbocycles. The predicted molar refractivity (Wildman–Crippen MR) is 63.9 cm³/mol. The summed E-state index contributed by atoms with van der Waals surface area (Å²) >= 11 is 0. The van der Waals surface area contributed by atoms with Crippen LogP contribution in [0.2, 0.25) is 0 Å². The molecule has 1 aliphatic heterocycles. The normalized spacial score (nSPS) is 19.7. The minimum Gasteiger partial charge on any atom is -0.484 e. The van der Waals surface area contributed by atoms with E-state index in [0.717, 1.165) is 0 Å². The molecule has 1 fully saturated rings. The average Bonchev–Trinajstić information content (AvgIpc) is 2.38. The van der Waals surface area contributed by atoms with Gasteiger partial charge in [-0.3, -0.25) is 4.79 Å². The van der Waals surface area contributed by atoms with E-state index in [-0.39, 0.29) is 24.4 Å². The summed E-state index contributed by atoms with van der Waals surface area (Å²) in [6.45, 7) is 3.64.